The molecule has 0 saturated carbocycles. The molecule has 0 aliphatic carbocycles. The Morgan fingerprint density at radius 2 is 2.21 bits per heavy atom. The molecule has 0 aliphatic rings. The number of benzene rings is 1. The van der Waals surface area contributed by atoms with Crippen molar-refractivity contribution in [3.63, 3.8) is 0 Å². The van der Waals surface area contributed by atoms with E-state index >= 15 is 0 Å². The van der Waals surface area contributed by atoms with E-state index in [-0.39, 0.29) is 0 Å². The molecular weight excluding hydrogens is 280 g/mol. The Morgan fingerprint density at radius 3 is 2.89 bits per heavy atom. The van der Waals surface area contributed by atoms with Crippen molar-refractivity contribution in [2.45, 2.75) is 26.8 Å². The average Bonchev–Trinajstić information content (AvgIpc) is 2.76. The second kappa shape index (κ2) is 6.53. The monoisotopic (exact) mass is 298 g/mol. The molecule has 0 radical (unpaired) electrons. The van der Waals surface area contributed by atoms with Crippen LogP contribution in [0.15, 0.2) is 18.2 Å². The number of halogens is 1. The van der Waals surface area contributed by atoms with E-state index in [0.29, 0.717) is 17.4 Å². The summed E-state index contributed by atoms with van der Waals surface area (Å²) in [6, 6.07) is 6.17. The van der Waals surface area contributed by atoms with Crippen molar-refractivity contribution in [2.75, 3.05) is 17.4 Å². The highest BCUT2D eigenvalue weighted by atomic mass is 35.5. The van der Waals surface area contributed by atoms with Crippen LogP contribution < -0.4 is 0 Å². The predicted molar refractivity (Wildman–Crippen MR) is 82.4 cm³/mol. The Morgan fingerprint density at radius 1 is 1.42 bits per heavy atom. The van der Waals surface area contributed by atoms with E-state index in [2.05, 4.69) is 28.6 Å². The van der Waals surface area contributed by atoms with Crippen LogP contribution in [0, 0.1) is 6.92 Å². The second-order valence-corrected chi connectivity index (χ2v) is 6.74. The smallest absolute Gasteiger partial charge is 0.111 e. The van der Waals surface area contributed by atoms with Crippen LogP contribution in [-0.4, -0.2) is 31.1 Å². The van der Waals surface area contributed by atoms with Gasteiger partial charge in [0.05, 0.1) is 11.0 Å². The molecule has 1 unspecified atom stereocenters. The van der Waals surface area contributed by atoms with E-state index in [1.807, 2.05) is 13.0 Å². The number of imidazole rings is 1. The quantitative estimate of drug-likeness (QED) is 0.769. The first-order valence-corrected chi connectivity index (χ1v) is 8.55. The zero-order valence-corrected chi connectivity index (χ0v) is 12.9. The summed E-state index contributed by atoms with van der Waals surface area (Å²) in [6.45, 7) is 4.76. The third-order valence-electron chi connectivity index (χ3n) is 3.24. The van der Waals surface area contributed by atoms with Crippen LogP contribution >= 0.6 is 11.6 Å². The predicted octanol–water partition coefficient (Wildman–Crippen LogP) is 2.89. The Bertz CT molecular complexity index is 594. The minimum atomic E-state index is -0.754. The van der Waals surface area contributed by atoms with Crippen molar-refractivity contribution >= 4 is 33.4 Å². The van der Waals surface area contributed by atoms with E-state index in [1.54, 1.807) is 0 Å². The van der Waals surface area contributed by atoms with Gasteiger partial charge in [0.2, 0.25) is 0 Å². The van der Waals surface area contributed by atoms with Gasteiger partial charge in [-0.2, -0.15) is 0 Å². The van der Waals surface area contributed by atoms with Crippen LogP contribution in [-0.2, 0) is 23.8 Å². The molecule has 0 saturated heterocycles. The third kappa shape index (κ3) is 3.18. The molecule has 1 atom stereocenters. The van der Waals surface area contributed by atoms with Crippen LogP contribution in [0.3, 0.4) is 0 Å². The molecule has 0 aliphatic heterocycles. The summed E-state index contributed by atoms with van der Waals surface area (Å²) < 4.78 is 13.8. The molecule has 19 heavy (non-hydrogen) atoms. The lowest BCUT2D eigenvalue weighted by atomic mass is 10.2. The minimum Gasteiger partial charge on any atom is -0.327 e. The molecule has 5 heteroatoms. The lowest BCUT2D eigenvalue weighted by Crippen LogP contribution is -2.12. The van der Waals surface area contributed by atoms with Gasteiger partial charge in [0.25, 0.3) is 0 Å². The number of hydrogen-bond acceptors (Lipinski definition) is 2. The average molecular weight is 299 g/mol. The molecular formula is C14H19ClN2OS. The van der Waals surface area contributed by atoms with Crippen molar-refractivity contribution in [1.82, 2.24) is 9.55 Å². The Kier molecular flexibility index (Phi) is 4.99. The van der Waals surface area contributed by atoms with Gasteiger partial charge in [-0.05, 0) is 18.6 Å². The highest BCUT2D eigenvalue weighted by molar-refractivity contribution is 7.84. The molecule has 1 heterocycles. The summed E-state index contributed by atoms with van der Waals surface area (Å²) >= 11 is 5.85. The first-order valence-electron chi connectivity index (χ1n) is 6.53. The molecule has 0 amide bonds. The molecule has 0 fully saturated rings. The van der Waals surface area contributed by atoms with E-state index in [9.17, 15) is 4.21 Å². The fourth-order valence-electron chi connectivity index (χ4n) is 2.20. The zero-order valence-electron chi connectivity index (χ0n) is 11.4. The topological polar surface area (TPSA) is 34.9 Å². The maximum atomic E-state index is 11.6. The first kappa shape index (κ1) is 14.5. The standard InChI is InChI=1S/C14H19ClN2OS/c1-3-19(18)10-9-17-12-6-4-5-11(2)14(12)16-13(17)7-8-15/h4-6H,3,7-10H2,1-2H3. The van der Waals surface area contributed by atoms with Crippen molar-refractivity contribution < 1.29 is 4.21 Å². The highest BCUT2D eigenvalue weighted by Gasteiger charge is 2.12. The second-order valence-electron chi connectivity index (χ2n) is 4.49. The van der Waals surface area contributed by atoms with E-state index < -0.39 is 10.8 Å². The zero-order chi connectivity index (χ0) is 13.8. The fourth-order valence-corrected chi connectivity index (χ4v) is 3.04. The molecule has 1 aromatic heterocycles. The van der Waals surface area contributed by atoms with Crippen LogP contribution in [0.4, 0.5) is 0 Å². The van der Waals surface area contributed by atoms with Gasteiger partial charge in [-0.15, -0.1) is 11.6 Å². The van der Waals surface area contributed by atoms with Crippen molar-refractivity contribution in [3.8, 4) is 0 Å². The summed E-state index contributed by atoms with van der Waals surface area (Å²) in [4.78, 5) is 4.69. The largest absolute Gasteiger partial charge is 0.327 e. The van der Waals surface area contributed by atoms with E-state index in [1.165, 1.54) is 5.56 Å². The molecule has 2 aromatic rings. The number of aromatic nitrogens is 2. The van der Waals surface area contributed by atoms with Crippen LogP contribution in [0.1, 0.15) is 18.3 Å². The van der Waals surface area contributed by atoms with Gasteiger partial charge in [-0.25, -0.2) is 4.98 Å². The molecule has 2 rings (SSSR count). The molecule has 0 spiro atoms. The number of hydrogen-bond donors (Lipinski definition) is 0. The van der Waals surface area contributed by atoms with Gasteiger partial charge >= 0.3 is 0 Å². The molecule has 0 N–H and O–H groups in total. The van der Waals surface area contributed by atoms with Crippen molar-refractivity contribution in [3.05, 3.63) is 29.6 Å². The van der Waals surface area contributed by atoms with Gasteiger partial charge in [0, 0.05) is 41.2 Å². The highest BCUT2D eigenvalue weighted by Crippen LogP contribution is 2.20. The fraction of sp³-hybridized carbons (Fsp3) is 0.500. The molecule has 0 bridgehead atoms. The summed E-state index contributed by atoms with van der Waals surface area (Å²) in [5.41, 5.74) is 3.32. The Labute approximate surface area is 121 Å². The number of aryl methyl sites for hydroxylation is 3. The summed E-state index contributed by atoms with van der Waals surface area (Å²) in [7, 11) is -0.754. The number of rotatable bonds is 6. The van der Waals surface area contributed by atoms with Gasteiger partial charge in [0.15, 0.2) is 0 Å². The van der Waals surface area contributed by atoms with Crippen LogP contribution in [0.25, 0.3) is 11.0 Å². The first-order chi connectivity index (χ1) is 9.17. The van der Waals surface area contributed by atoms with Gasteiger partial charge in [-0.1, -0.05) is 19.1 Å². The third-order valence-corrected chi connectivity index (χ3v) is 4.71. The van der Waals surface area contributed by atoms with Crippen LogP contribution in [0.2, 0.25) is 0 Å². The maximum Gasteiger partial charge on any atom is 0.111 e. The van der Waals surface area contributed by atoms with Gasteiger partial charge < -0.3 is 4.57 Å². The molecule has 1 aromatic carbocycles. The van der Waals surface area contributed by atoms with E-state index in [0.717, 1.165) is 29.8 Å². The van der Waals surface area contributed by atoms with Gasteiger partial charge in [0.1, 0.15) is 5.82 Å². The molecule has 104 valence electrons. The number of para-hydroxylation sites is 1. The summed E-state index contributed by atoms with van der Waals surface area (Å²) in [5.74, 6) is 2.92. The lowest BCUT2D eigenvalue weighted by Gasteiger charge is -2.08. The van der Waals surface area contributed by atoms with Crippen molar-refractivity contribution in [2.24, 2.45) is 0 Å². The summed E-state index contributed by atoms with van der Waals surface area (Å²) in [5, 5.41) is 0. The lowest BCUT2D eigenvalue weighted by molar-refractivity contribution is 0.671. The van der Waals surface area contributed by atoms with E-state index in [4.69, 9.17) is 11.6 Å². The maximum absolute atomic E-state index is 11.6. The minimum absolute atomic E-state index is 0.555. The number of nitrogens with zero attached hydrogens (tertiary/aromatic N) is 2. The number of fused-ring (bicyclic) bond motifs is 1. The molecule has 3 nitrogen and oxygen atoms in total. The Hall–Kier alpha value is -0.870. The number of alkyl halides is 1. The normalized spacial score (nSPS) is 13.0. The summed E-state index contributed by atoms with van der Waals surface area (Å²) in [6.07, 6.45) is 0.744. The SMILES string of the molecule is CCS(=O)CCn1c(CCCl)nc2c(C)cccc21. The Balaban J connectivity index is 2.40. The van der Waals surface area contributed by atoms with Crippen molar-refractivity contribution in [1.29, 1.82) is 0 Å². The van der Waals surface area contributed by atoms with Crippen LogP contribution in [0.5, 0.6) is 0 Å². The van der Waals surface area contributed by atoms with Gasteiger partial charge in [-0.3, -0.25) is 4.21 Å².